The number of anilines is 1. The molecule has 1 aromatic heterocycles. The van der Waals surface area contributed by atoms with E-state index in [4.69, 9.17) is 5.73 Å². The standard InChI is InChI=1S/C16H22N4/c1-15(2,3)12-18-13(20-14(17)19-12)16(4,5)11-9-7-6-8-10-11/h6-10H,1-5H3,(H2,17,18,19,20). The van der Waals surface area contributed by atoms with Gasteiger partial charge in [-0.25, -0.2) is 4.98 Å². The first kappa shape index (κ1) is 14.4. The van der Waals surface area contributed by atoms with E-state index in [0.29, 0.717) is 5.82 Å². The number of nitrogen functional groups attached to an aromatic ring is 1. The van der Waals surface area contributed by atoms with Crippen LogP contribution in [0, 0.1) is 0 Å². The molecule has 4 nitrogen and oxygen atoms in total. The molecule has 0 atom stereocenters. The zero-order valence-corrected chi connectivity index (χ0v) is 12.8. The quantitative estimate of drug-likeness (QED) is 0.910. The zero-order valence-electron chi connectivity index (χ0n) is 12.8. The van der Waals surface area contributed by atoms with E-state index in [1.807, 2.05) is 18.2 Å². The second kappa shape index (κ2) is 4.85. The van der Waals surface area contributed by atoms with Crippen LogP contribution >= 0.6 is 0 Å². The lowest BCUT2D eigenvalue weighted by Crippen LogP contribution is -2.27. The summed E-state index contributed by atoms with van der Waals surface area (Å²) >= 11 is 0. The van der Waals surface area contributed by atoms with Gasteiger partial charge in [-0.2, -0.15) is 9.97 Å². The van der Waals surface area contributed by atoms with Crippen molar-refractivity contribution in [3.8, 4) is 0 Å². The van der Waals surface area contributed by atoms with Crippen LogP contribution < -0.4 is 5.73 Å². The largest absolute Gasteiger partial charge is 0.368 e. The van der Waals surface area contributed by atoms with Crippen LogP contribution in [0.3, 0.4) is 0 Å². The Bertz CT molecular complexity index is 598. The summed E-state index contributed by atoms with van der Waals surface area (Å²) in [5, 5.41) is 0. The molecule has 0 aliphatic carbocycles. The Morgan fingerprint density at radius 3 is 1.90 bits per heavy atom. The second-order valence-electron chi connectivity index (χ2n) is 6.58. The van der Waals surface area contributed by atoms with Crippen LogP contribution in [0.1, 0.15) is 51.8 Å². The summed E-state index contributed by atoms with van der Waals surface area (Å²) in [7, 11) is 0. The predicted octanol–water partition coefficient (Wildman–Crippen LogP) is 3.08. The van der Waals surface area contributed by atoms with Crippen molar-refractivity contribution in [1.29, 1.82) is 0 Å². The molecule has 0 aliphatic rings. The molecule has 0 fully saturated rings. The molecular formula is C16H22N4. The van der Waals surface area contributed by atoms with Gasteiger partial charge >= 0.3 is 0 Å². The molecule has 106 valence electrons. The molecule has 0 spiro atoms. The lowest BCUT2D eigenvalue weighted by atomic mass is 9.83. The monoisotopic (exact) mass is 270 g/mol. The molecule has 1 heterocycles. The van der Waals surface area contributed by atoms with Gasteiger partial charge in [0.25, 0.3) is 0 Å². The van der Waals surface area contributed by atoms with Crippen molar-refractivity contribution in [2.75, 3.05) is 5.73 Å². The predicted molar refractivity (Wildman–Crippen MR) is 81.5 cm³/mol. The highest BCUT2D eigenvalue weighted by atomic mass is 15.1. The number of rotatable bonds is 2. The maximum atomic E-state index is 5.87. The summed E-state index contributed by atoms with van der Waals surface area (Å²) in [5.74, 6) is 1.72. The minimum atomic E-state index is -0.307. The first-order valence-corrected chi connectivity index (χ1v) is 6.79. The molecule has 2 N–H and O–H groups in total. The lowest BCUT2D eigenvalue weighted by molar-refractivity contribution is 0.514. The Kier molecular flexibility index (Phi) is 3.50. The van der Waals surface area contributed by atoms with Gasteiger partial charge in [0.15, 0.2) is 0 Å². The van der Waals surface area contributed by atoms with E-state index in [-0.39, 0.29) is 16.8 Å². The summed E-state index contributed by atoms with van der Waals surface area (Å²) in [5.41, 5.74) is 6.57. The molecule has 0 aliphatic heterocycles. The molecule has 0 saturated carbocycles. The fourth-order valence-corrected chi connectivity index (χ4v) is 1.99. The number of benzene rings is 1. The van der Waals surface area contributed by atoms with Crippen molar-refractivity contribution in [2.45, 2.75) is 45.4 Å². The smallest absolute Gasteiger partial charge is 0.223 e. The van der Waals surface area contributed by atoms with Crippen LogP contribution in [-0.4, -0.2) is 15.0 Å². The normalized spacial score (nSPS) is 12.4. The van der Waals surface area contributed by atoms with Crippen molar-refractivity contribution < 1.29 is 0 Å². The summed E-state index contributed by atoms with van der Waals surface area (Å²) in [6.45, 7) is 10.4. The molecule has 0 amide bonds. The van der Waals surface area contributed by atoms with Crippen molar-refractivity contribution >= 4 is 5.95 Å². The van der Waals surface area contributed by atoms with Crippen LogP contribution in [0.2, 0.25) is 0 Å². The van der Waals surface area contributed by atoms with Gasteiger partial charge in [0, 0.05) is 10.8 Å². The molecule has 0 bridgehead atoms. The van der Waals surface area contributed by atoms with Crippen molar-refractivity contribution in [3.63, 3.8) is 0 Å². The van der Waals surface area contributed by atoms with Crippen LogP contribution in [0.4, 0.5) is 5.95 Å². The summed E-state index contributed by atoms with van der Waals surface area (Å²) in [6.07, 6.45) is 0. The maximum absolute atomic E-state index is 5.87. The van der Waals surface area contributed by atoms with Crippen molar-refractivity contribution in [2.24, 2.45) is 0 Å². The summed E-state index contributed by atoms with van der Waals surface area (Å²) < 4.78 is 0. The minimum absolute atomic E-state index is 0.154. The number of nitrogens with zero attached hydrogens (tertiary/aromatic N) is 3. The van der Waals surface area contributed by atoms with Gasteiger partial charge in [-0.1, -0.05) is 51.1 Å². The Hall–Kier alpha value is -1.97. The minimum Gasteiger partial charge on any atom is -0.368 e. The van der Waals surface area contributed by atoms with E-state index in [9.17, 15) is 0 Å². The lowest BCUT2D eigenvalue weighted by Gasteiger charge is -2.26. The molecule has 0 radical (unpaired) electrons. The average molecular weight is 270 g/mol. The molecule has 4 heteroatoms. The van der Waals surface area contributed by atoms with E-state index < -0.39 is 0 Å². The molecule has 0 unspecified atom stereocenters. The third-order valence-corrected chi connectivity index (χ3v) is 3.38. The van der Waals surface area contributed by atoms with Gasteiger partial charge in [-0.3, -0.25) is 0 Å². The van der Waals surface area contributed by atoms with E-state index >= 15 is 0 Å². The van der Waals surface area contributed by atoms with Crippen LogP contribution in [0.15, 0.2) is 30.3 Å². The Morgan fingerprint density at radius 1 is 0.800 bits per heavy atom. The summed E-state index contributed by atoms with van der Waals surface area (Å²) in [4.78, 5) is 13.3. The molecule has 2 rings (SSSR count). The highest BCUT2D eigenvalue weighted by Crippen LogP contribution is 2.30. The average Bonchev–Trinajstić information content (AvgIpc) is 2.38. The van der Waals surface area contributed by atoms with E-state index in [0.717, 1.165) is 11.4 Å². The number of aromatic nitrogens is 3. The topological polar surface area (TPSA) is 64.7 Å². The van der Waals surface area contributed by atoms with Crippen LogP contribution in [0.5, 0.6) is 0 Å². The number of nitrogens with two attached hydrogens (primary N) is 1. The molecule has 0 saturated heterocycles. The Morgan fingerprint density at radius 2 is 1.35 bits per heavy atom. The van der Waals surface area contributed by atoms with Crippen LogP contribution in [-0.2, 0) is 10.8 Å². The van der Waals surface area contributed by atoms with Crippen molar-refractivity contribution in [1.82, 2.24) is 15.0 Å². The third-order valence-electron chi connectivity index (χ3n) is 3.38. The first-order valence-electron chi connectivity index (χ1n) is 6.79. The second-order valence-corrected chi connectivity index (χ2v) is 6.58. The van der Waals surface area contributed by atoms with Crippen molar-refractivity contribution in [3.05, 3.63) is 47.5 Å². The van der Waals surface area contributed by atoms with Gasteiger partial charge in [0.05, 0.1) is 0 Å². The first-order chi connectivity index (χ1) is 9.21. The van der Waals surface area contributed by atoms with E-state index in [1.54, 1.807) is 0 Å². The Balaban J connectivity index is 2.55. The number of hydrogen-bond donors (Lipinski definition) is 1. The van der Waals surface area contributed by atoms with Gasteiger partial charge in [-0.15, -0.1) is 0 Å². The Labute approximate surface area is 120 Å². The number of hydrogen-bond acceptors (Lipinski definition) is 4. The van der Waals surface area contributed by atoms with Gasteiger partial charge in [0.2, 0.25) is 5.95 Å². The van der Waals surface area contributed by atoms with Gasteiger partial charge < -0.3 is 5.73 Å². The van der Waals surface area contributed by atoms with Gasteiger partial charge in [-0.05, 0) is 19.4 Å². The molecule has 1 aromatic carbocycles. The van der Waals surface area contributed by atoms with Crippen LogP contribution in [0.25, 0.3) is 0 Å². The highest BCUT2D eigenvalue weighted by molar-refractivity contribution is 5.33. The molecule has 20 heavy (non-hydrogen) atoms. The van der Waals surface area contributed by atoms with E-state index in [1.165, 1.54) is 0 Å². The fourth-order valence-electron chi connectivity index (χ4n) is 1.99. The fraction of sp³-hybridized carbons (Fsp3) is 0.438. The van der Waals surface area contributed by atoms with E-state index in [2.05, 4.69) is 61.7 Å². The summed E-state index contributed by atoms with van der Waals surface area (Å²) in [6, 6.07) is 10.2. The molecular weight excluding hydrogens is 248 g/mol. The zero-order chi connectivity index (χ0) is 15.0. The SMILES string of the molecule is CC(C)(C)c1nc(N)nc(C(C)(C)c2ccccc2)n1. The maximum Gasteiger partial charge on any atom is 0.223 e. The van der Waals surface area contributed by atoms with Gasteiger partial charge in [0.1, 0.15) is 11.6 Å². The highest BCUT2D eigenvalue weighted by Gasteiger charge is 2.29. The molecule has 2 aromatic rings. The third kappa shape index (κ3) is 2.79.